The van der Waals surface area contributed by atoms with E-state index in [2.05, 4.69) is 5.32 Å². The van der Waals surface area contributed by atoms with Crippen LogP contribution in [-0.2, 0) is 16.6 Å². The molecule has 0 fully saturated rings. The highest BCUT2D eigenvalue weighted by molar-refractivity contribution is 7.88. The minimum absolute atomic E-state index is 0.419. The van der Waals surface area contributed by atoms with Gasteiger partial charge in [0.15, 0.2) is 11.6 Å². The van der Waals surface area contributed by atoms with Crippen molar-refractivity contribution >= 4 is 10.0 Å². The van der Waals surface area contributed by atoms with Crippen molar-refractivity contribution in [1.29, 1.82) is 0 Å². The van der Waals surface area contributed by atoms with Gasteiger partial charge in [0, 0.05) is 19.6 Å². The second-order valence-corrected chi connectivity index (χ2v) is 6.52. The Bertz CT molecular complexity index is 535. The van der Waals surface area contributed by atoms with Crippen LogP contribution in [0.1, 0.15) is 18.9 Å². The Morgan fingerprint density at radius 3 is 2.50 bits per heavy atom. The first-order chi connectivity index (χ1) is 9.34. The number of hydrogen-bond acceptors (Lipinski definition) is 3. The molecule has 0 unspecified atom stereocenters. The van der Waals surface area contributed by atoms with Crippen LogP contribution in [0.25, 0.3) is 0 Å². The fourth-order valence-electron chi connectivity index (χ4n) is 1.82. The van der Waals surface area contributed by atoms with Gasteiger partial charge in [0.2, 0.25) is 10.0 Å². The fraction of sp³-hybridized carbons (Fsp3) is 0.538. The standard InChI is InChI=1S/C13H20F2N2O2S/c1-3-17(20(2,18)19)8-4-7-16-10-11-5-6-12(14)13(15)9-11/h5-6,9,16H,3-4,7-8,10H2,1-2H3. The topological polar surface area (TPSA) is 49.4 Å². The first-order valence-corrected chi connectivity index (χ1v) is 8.29. The Labute approximate surface area is 118 Å². The van der Waals surface area contributed by atoms with Gasteiger partial charge in [-0.15, -0.1) is 0 Å². The van der Waals surface area contributed by atoms with E-state index in [1.165, 1.54) is 16.6 Å². The van der Waals surface area contributed by atoms with E-state index >= 15 is 0 Å². The van der Waals surface area contributed by atoms with E-state index in [0.717, 1.165) is 12.1 Å². The summed E-state index contributed by atoms with van der Waals surface area (Å²) in [7, 11) is -3.15. The normalized spacial score (nSPS) is 12.1. The maximum absolute atomic E-state index is 13.0. The van der Waals surface area contributed by atoms with E-state index in [9.17, 15) is 17.2 Å². The van der Waals surface area contributed by atoms with Gasteiger partial charge in [0.25, 0.3) is 0 Å². The summed E-state index contributed by atoms with van der Waals surface area (Å²) in [5, 5.41) is 3.07. The third-order valence-corrected chi connectivity index (χ3v) is 4.27. The lowest BCUT2D eigenvalue weighted by Crippen LogP contribution is -2.32. The molecule has 0 heterocycles. The summed E-state index contributed by atoms with van der Waals surface area (Å²) in [5.74, 6) is -1.72. The summed E-state index contributed by atoms with van der Waals surface area (Å²) >= 11 is 0. The monoisotopic (exact) mass is 306 g/mol. The highest BCUT2D eigenvalue weighted by Gasteiger charge is 2.12. The van der Waals surface area contributed by atoms with Crippen molar-refractivity contribution in [2.45, 2.75) is 19.9 Å². The number of rotatable bonds is 8. The third kappa shape index (κ3) is 5.52. The van der Waals surface area contributed by atoms with E-state index in [1.807, 2.05) is 0 Å². The minimum Gasteiger partial charge on any atom is -0.313 e. The number of halogens is 2. The van der Waals surface area contributed by atoms with Crippen molar-refractivity contribution in [1.82, 2.24) is 9.62 Å². The molecule has 0 saturated heterocycles. The molecule has 1 rings (SSSR count). The molecule has 0 saturated carbocycles. The highest BCUT2D eigenvalue weighted by atomic mass is 32.2. The smallest absolute Gasteiger partial charge is 0.211 e. The molecule has 1 aromatic rings. The quantitative estimate of drug-likeness (QED) is 0.744. The van der Waals surface area contributed by atoms with Gasteiger partial charge in [-0.3, -0.25) is 0 Å². The Kier molecular flexibility index (Phi) is 6.51. The second-order valence-electron chi connectivity index (χ2n) is 4.53. The minimum atomic E-state index is -3.15. The lowest BCUT2D eigenvalue weighted by Gasteiger charge is -2.17. The van der Waals surface area contributed by atoms with Crippen LogP contribution in [0.15, 0.2) is 18.2 Å². The molecule has 1 N–H and O–H groups in total. The van der Waals surface area contributed by atoms with Gasteiger partial charge in [-0.2, -0.15) is 0 Å². The van der Waals surface area contributed by atoms with Crippen LogP contribution in [0.5, 0.6) is 0 Å². The predicted octanol–water partition coefficient (Wildman–Crippen LogP) is 1.73. The van der Waals surface area contributed by atoms with E-state index in [-0.39, 0.29) is 0 Å². The Hall–Kier alpha value is -1.05. The fourth-order valence-corrected chi connectivity index (χ4v) is 2.75. The van der Waals surface area contributed by atoms with E-state index in [1.54, 1.807) is 6.92 Å². The molecule has 0 aromatic heterocycles. The molecule has 7 heteroatoms. The van der Waals surface area contributed by atoms with Crippen molar-refractivity contribution in [3.05, 3.63) is 35.4 Å². The number of sulfonamides is 1. The zero-order valence-corrected chi connectivity index (χ0v) is 12.5. The average molecular weight is 306 g/mol. The zero-order valence-electron chi connectivity index (χ0n) is 11.7. The predicted molar refractivity (Wildman–Crippen MR) is 74.8 cm³/mol. The van der Waals surface area contributed by atoms with E-state index < -0.39 is 21.7 Å². The van der Waals surface area contributed by atoms with Gasteiger partial charge >= 0.3 is 0 Å². The number of benzene rings is 1. The molecular weight excluding hydrogens is 286 g/mol. The lowest BCUT2D eigenvalue weighted by atomic mass is 10.2. The van der Waals surface area contributed by atoms with Gasteiger partial charge in [-0.05, 0) is 30.7 Å². The summed E-state index contributed by atoms with van der Waals surface area (Å²) in [6.07, 6.45) is 1.84. The Balaban J connectivity index is 2.30. The van der Waals surface area contributed by atoms with Crippen molar-refractivity contribution in [2.24, 2.45) is 0 Å². The average Bonchev–Trinajstić information content (AvgIpc) is 2.36. The highest BCUT2D eigenvalue weighted by Crippen LogP contribution is 2.08. The van der Waals surface area contributed by atoms with Crippen LogP contribution in [-0.4, -0.2) is 38.6 Å². The van der Waals surface area contributed by atoms with Crippen molar-refractivity contribution in [2.75, 3.05) is 25.9 Å². The van der Waals surface area contributed by atoms with E-state index in [0.29, 0.717) is 38.2 Å². The zero-order chi connectivity index (χ0) is 15.2. The Morgan fingerprint density at radius 1 is 1.25 bits per heavy atom. The van der Waals surface area contributed by atoms with Crippen LogP contribution < -0.4 is 5.32 Å². The molecule has 0 aliphatic heterocycles. The third-order valence-electron chi connectivity index (χ3n) is 2.90. The van der Waals surface area contributed by atoms with Crippen LogP contribution >= 0.6 is 0 Å². The number of hydrogen-bond donors (Lipinski definition) is 1. The van der Waals surface area contributed by atoms with Crippen LogP contribution in [0.2, 0.25) is 0 Å². The van der Waals surface area contributed by atoms with Crippen LogP contribution in [0.3, 0.4) is 0 Å². The van der Waals surface area contributed by atoms with Gasteiger partial charge in [0.05, 0.1) is 6.26 Å². The van der Waals surface area contributed by atoms with Gasteiger partial charge in [0.1, 0.15) is 0 Å². The summed E-state index contributed by atoms with van der Waals surface area (Å²) < 4.78 is 49.8. The molecule has 0 aliphatic rings. The van der Waals surface area contributed by atoms with Crippen molar-refractivity contribution in [3.63, 3.8) is 0 Å². The molecular formula is C13H20F2N2O2S. The summed E-state index contributed by atoms with van der Waals surface area (Å²) in [5.41, 5.74) is 0.652. The number of nitrogens with one attached hydrogen (secondary N) is 1. The maximum Gasteiger partial charge on any atom is 0.211 e. The van der Waals surface area contributed by atoms with Crippen LogP contribution in [0, 0.1) is 11.6 Å². The molecule has 20 heavy (non-hydrogen) atoms. The molecule has 0 amide bonds. The SMILES string of the molecule is CCN(CCCNCc1ccc(F)c(F)c1)S(C)(=O)=O. The van der Waals surface area contributed by atoms with Gasteiger partial charge in [-0.1, -0.05) is 13.0 Å². The van der Waals surface area contributed by atoms with E-state index in [4.69, 9.17) is 0 Å². The summed E-state index contributed by atoms with van der Waals surface area (Å²) in [6, 6.07) is 3.76. The van der Waals surface area contributed by atoms with Crippen LogP contribution in [0.4, 0.5) is 8.78 Å². The largest absolute Gasteiger partial charge is 0.313 e. The molecule has 1 aromatic carbocycles. The first-order valence-electron chi connectivity index (χ1n) is 6.44. The Morgan fingerprint density at radius 2 is 1.95 bits per heavy atom. The summed E-state index contributed by atoms with van der Waals surface area (Å²) in [4.78, 5) is 0. The molecule has 0 spiro atoms. The number of nitrogens with zero attached hydrogens (tertiary/aromatic N) is 1. The van der Waals surface area contributed by atoms with Crippen molar-refractivity contribution in [3.8, 4) is 0 Å². The van der Waals surface area contributed by atoms with Crippen molar-refractivity contribution < 1.29 is 17.2 Å². The first kappa shape index (κ1) is 17.0. The van der Waals surface area contributed by atoms with Gasteiger partial charge in [-0.25, -0.2) is 21.5 Å². The second kappa shape index (κ2) is 7.66. The molecule has 0 atom stereocenters. The molecule has 4 nitrogen and oxygen atoms in total. The van der Waals surface area contributed by atoms with Gasteiger partial charge < -0.3 is 5.32 Å². The molecule has 0 aliphatic carbocycles. The summed E-state index contributed by atoms with van der Waals surface area (Å²) in [6.45, 7) is 3.70. The molecule has 114 valence electrons. The maximum atomic E-state index is 13.0. The lowest BCUT2D eigenvalue weighted by molar-refractivity contribution is 0.419. The molecule has 0 bridgehead atoms. The molecule has 0 radical (unpaired) electrons.